The lowest BCUT2D eigenvalue weighted by atomic mass is 10.1. The summed E-state index contributed by atoms with van der Waals surface area (Å²) in [7, 11) is 1.25. The molecule has 0 bridgehead atoms. The van der Waals surface area contributed by atoms with Crippen molar-refractivity contribution in [2.45, 2.75) is 19.8 Å². The van der Waals surface area contributed by atoms with Crippen LogP contribution in [-0.4, -0.2) is 18.1 Å². The summed E-state index contributed by atoms with van der Waals surface area (Å²) in [6.45, 7) is 1.61. The standard InChI is InChI=1S/C10H10F2INO2/c1-5-3-6(10(11)12)9(13)7(14-5)4-8(15)16-2/h3,10H,4H2,1-2H3. The molecule has 3 nitrogen and oxygen atoms in total. The normalized spacial score (nSPS) is 10.6. The van der Waals surface area contributed by atoms with Gasteiger partial charge in [-0.2, -0.15) is 0 Å². The Morgan fingerprint density at radius 1 is 1.62 bits per heavy atom. The summed E-state index contributed by atoms with van der Waals surface area (Å²) in [4.78, 5) is 15.1. The zero-order valence-corrected chi connectivity index (χ0v) is 10.9. The molecule has 0 fully saturated rings. The van der Waals surface area contributed by atoms with E-state index in [1.807, 2.05) is 0 Å². The molecule has 0 aliphatic rings. The highest BCUT2D eigenvalue weighted by molar-refractivity contribution is 14.1. The first-order valence-electron chi connectivity index (χ1n) is 4.46. The third-order valence-corrected chi connectivity index (χ3v) is 3.20. The number of halogens is 3. The number of esters is 1. The number of alkyl halides is 2. The quantitative estimate of drug-likeness (QED) is 0.627. The average molecular weight is 341 g/mol. The van der Waals surface area contributed by atoms with Crippen LogP contribution in [0.4, 0.5) is 8.78 Å². The maximum absolute atomic E-state index is 12.7. The van der Waals surface area contributed by atoms with Crippen molar-refractivity contribution in [2.75, 3.05) is 7.11 Å². The Bertz CT molecular complexity index is 410. The minimum Gasteiger partial charge on any atom is -0.469 e. The van der Waals surface area contributed by atoms with Crippen LogP contribution in [0.2, 0.25) is 0 Å². The largest absolute Gasteiger partial charge is 0.469 e. The highest BCUT2D eigenvalue weighted by atomic mass is 127. The first-order valence-corrected chi connectivity index (χ1v) is 5.54. The summed E-state index contributed by atoms with van der Waals surface area (Å²) < 4.78 is 30.1. The molecule has 16 heavy (non-hydrogen) atoms. The number of carbonyl (C=O) groups excluding carboxylic acids is 1. The first kappa shape index (κ1) is 13.3. The van der Waals surface area contributed by atoms with Crippen LogP contribution in [0, 0.1) is 10.5 Å². The van der Waals surface area contributed by atoms with E-state index in [1.165, 1.54) is 13.2 Å². The van der Waals surface area contributed by atoms with Crippen molar-refractivity contribution < 1.29 is 18.3 Å². The summed E-state index contributed by atoms with van der Waals surface area (Å²) >= 11 is 1.77. The number of hydrogen-bond donors (Lipinski definition) is 0. The van der Waals surface area contributed by atoms with Gasteiger partial charge in [-0.15, -0.1) is 0 Å². The van der Waals surface area contributed by atoms with E-state index in [2.05, 4.69) is 9.72 Å². The number of carbonyl (C=O) groups is 1. The maximum atomic E-state index is 12.7. The Morgan fingerprint density at radius 2 is 2.25 bits per heavy atom. The zero-order chi connectivity index (χ0) is 12.3. The van der Waals surface area contributed by atoms with Crippen molar-refractivity contribution in [1.29, 1.82) is 0 Å². The van der Waals surface area contributed by atoms with Crippen LogP contribution >= 0.6 is 22.6 Å². The lowest BCUT2D eigenvalue weighted by molar-refractivity contribution is -0.139. The summed E-state index contributed by atoms with van der Waals surface area (Å²) in [6.07, 6.45) is -2.65. The lowest BCUT2D eigenvalue weighted by Crippen LogP contribution is -2.10. The van der Waals surface area contributed by atoms with E-state index in [-0.39, 0.29) is 12.0 Å². The number of rotatable bonds is 3. The highest BCUT2D eigenvalue weighted by Crippen LogP contribution is 2.27. The Kier molecular flexibility index (Phi) is 4.57. The van der Waals surface area contributed by atoms with Gasteiger partial charge in [0.05, 0.1) is 19.2 Å². The second-order valence-electron chi connectivity index (χ2n) is 3.17. The molecule has 0 saturated carbocycles. The van der Waals surface area contributed by atoms with Crippen LogP contribution in [0.25, 0.3) is 0 Å². The molecule has 88 valence electrons. The number of aromatic nitrogens is 1. The molecule has 1 aromatic heterocycles. The monoisotopic (exact) mass is 341 g/mol. The molecule has 0 atom stereocenters. The molecule has 0 radical (unpaired) electrons. The molecule has 0 saturated heterocycles. The van der Waals surface area contributed by atoms with Crippen LogP contribution < -0.4 is 0 Å². The fourth-order valence-corrected chi connectivity index (χ4v) is 1.94. The molecule has 0 spiro atoms. The minimum absolute atomic E-state index is 0.0871. The third kappa shape index (κ3) is 3.10. The third-order valence-electron chi connectivity index (χ3n) is 1.96. The fraction of sp³-hybridized carbons (Fsp3) is 0.400. The van der Waals surface area contributed by atoms with Crippen LogP contribution in [0.1, 0.15) is 23.4 Å². The van der Waals surface area contributed by atoms with E-state index in [0.717, 1.165) is 0 Å². The van der Waals surface area contributed by atoms with Crippen LogP contribution in [-0.2, 0) is 16.0 Å². The van der Waals surface area contributed by atoms with Crippen molar-refractivity contribution in [3.05, 3.63) is 26.6 Å². The van der Waals surface area contributed by atoms with E-state index in [9.17, 15) is 13.6 Å². The van der Waals surface area contributed by atoms with Crippen molar-refractivity contribution in [3.8, 4) is 0 Å². The topological polar surface area (TPSA) is 39.2 Å². The zero-order valence-electron chi connectivity index (χ0n) is 8.76. The van der Waals surface area contributed by atoms with Crippen LogP contribution in [0.3, 0.4) is 0 Å². The van der Waals surface area contributed by atoms with Gasteiger partial charge >= 0.3 is 5.97 Å². The second kappa shape index (κ2) is 5.51. The van der Waals surface area contributed by atoms with Gasteiger partial charge in [0.15, 0.2) is 0 Å². The van der Waals surface area contributed by atoms with Crippen molar-refractivity contribution >= 4 is 28.6 Å². The summed E-state index contributed by atoms with van der Waals surface area (Å²) in [5, 5.41) is 0. The summed E-state index contributed by atoms with van der Waals surface area (Å²) in [6, 6.07) is 1.33. The Morgan fingerprint density at radius 3 is 2.75 bits per heavy atom. The van der Waals surface area contributed by atoms with Gasteiger partial charge in [-0.3, -0.25) is 9.78 Å². The Labute approximate surface area is 105 Å². The SMILES string of the molecule is COC(=O)Cc1nc(C)cc(C(F)F)c1I. The van der Waals surface area contributed by atoms with Gasteiger partial charge in [0.25, 0.3) is 6.43 Å². The smallest absolute Gasteiger partial charge is 0.311 e. The number of methoxy groups -OCH3 is 1. The molecule has 1 aromatic rings. The average Bonchev–Trinajstić information content (AvgIpc) is 2.22. The van der Waals surface area contributed by atoms with E-state index in [1.54, 1.807) is 29.5 Å². The van der Waals surface area contributed by atoms with E-state index in [4.69, 9.17) is 0 Å². The fourth-order valence-electron chi connectivity index (χ4n) is 1.23. The van der Waals surface area contributed by atoms with Gasteiger partial charge in [-0.05, 0) is 35.6 Å². The van der Waals surface area contributed by atoms with E-state index in [0.29, 0.717) is 15.0 Å². The number of hydrogen-bond acceptors (Lipinski definition) is 3. The summed E-state index contributed by atoms with van der Waals surface area (Å²) in [5.74, 6) is -0.490. The number of nitrogens with zero attached hydrogens (tertiary/aromatic N) is 1. The van der Waals surface area contributed by atoms with Gasteiger partial charge in [-0.1, -0.05) is 0 Å². The highest BCUT2D eigenvalue weighted by Gasteiger charge is 2.18. The van der Waals surface area contributed by atoms with Gasteiger partial charge in [-0.25, -0.2) is 8.78 Å². The number of pyridine rings is 1. The molecular weight excluding hydrogens is 331 g/mol. The van der Waals surface area contributed by atoms with Gasteiger partial charge in [0.1, 0.15) is 0 Å². The Hall–Kier alpha value is -0.790. The molecule has 0 amide bonds. The molecule has 0 aliphatic heterocycles. The second-order valence-corrected chi connectivity index (χ2v) is 4.25. The van der Waals surface area contributed by atoms with Crippen molar-refractivity contribution in [2.24, 2.45) is 0 Å². The minimum atomic E-state index is -2.56. The molecule has 0 aliphatic carbocycles. The Balaban J connectivity index is 3.14. The van der Waals surface area contributed by atoms with Gasteiger partial charge < -0.3 is 4.74 Å². The molecule has 0 unspecified atom stereocenters. The van der Waals surface area contributed by atoms with E-state index < -0.39 is 12.4 Å². The molecule has 0 N–H and O–H groups in total. The predicted octanol–water partition coefficient (Wildman–Crippen LogP) is 2.65. The molecule has 1 heterocycles. The summed E-state index contributed by atoms with van der Waals surface area (Å²) in [5.41, 5.74) is 0.712. The molecule has 0 aromatic carbocycles. The molecule has 6 heteroatoms. The molecule has 1 rings (SSSR count). The lowest BCUT2D eigenvalue weighted by Gasteiger charge is -2.09. The van der Waals surface area contributed by atoms with Crippen molar-refractivity contribution in [3.63, 3.8) is 0 Å². The van der Waals surface area contributed by atoms with Gasteiger partial charge in [0.2, 0.25) is 0 Å². The number of aryl methyl sites for hydroxylation is 1. The first-order chi connectivity index (χ1) is 7.45. The van der Waals surface area contributed by atoms with Crippen LogP contribution in [0.15, 0.2) is 6.07 Å². The predicted molar refractivity (Wildman–Crippen MR) is 62.4 cm³/mol. The maximum Gasteiger partial charge on any atom is 0.311 e. The molecular formula is C10H10F2INO2. The van der Waals surface area contributed by atoms with Crippen LogP contribution in [0.5, 0.6) is 0 Å². The van der Waals surface area contributed by atoms with E-state index >= 15 is 0 Å². The van der Waals surface area contributed by atoms with Gasteiger partial charge in [0, 0.05) is 14.8 Å². The van der Waals surface area contributed by atoms with Crippen molar-refractivity contribution in [1.82, 2.24) is 4.98 Å². The number of ether oxygens (including phenoxy) is 1.